The Balaban J connectivity index is 1.21. The van der Waals surface area contributed by atoms with Crippen molar-refractivity contribution < 1.29 is 8.78 Å². The number of pyridine rings is 1. The molecule has 0 saturated heterocycles. The first kappa shape index (κ1) is 22.7. The quantitative estimate of drug-likeness (QED) is 0.455. The van der Waals surface area contributed by atoms with Gasteiger partial charge < -0.3 is 15.0 Å². The Morgan fingerprint density at radius 3 is 2.71 bits per heavy atom. The van der Waals surface area contributed by atoms with Crippen molar-refractivity contribution in [3.05, 3.63) is 70.3 Å². The van der Waals surface area contributed by atoms with Gasteiger partial charge in [-0.2, -0.15) is 0 Å². The summed E-state index contributed by atoms with van der Waals surface area (Å²) in [6.07, 6.45) is 6.46. The van der Waals surface area contributed by atoms with Crippen LogP contribution in [0, 0.1) is 5.82 Å². The van der Waals surface area contributed by atoms with E-state index in [2.05, 4.69) is 15.6 Å². The van der Waals surface area contributed by atoms with Crippen LogP contribution in [-0.4, -0.2) is 36.8 Å². The fourth-order valence-electron chi connectivity index (χ4n) is 5.16. The zero-order valence-electron chi connectivity index (χ0n) is 19.6. The highest BCUT2D eigenvalue weighted by Crippen LogP contribution is 2.27. The van der Waals surface area contributed by atoms with Crippen LogP contribution in [0.4, 0.5) is 8.78 Å². The molecule has 0 bridgehead atoms. The fraction of sp³-hybridized carbons (Fsp3) is 0.440. The highest BCUT2D eigenvalue weighted by atomic mass is 19.1. The molecular formula is C25H30F2N6O. The van der Waals surface area contributed by atoms with Crippen LogP contribution >= 0.6 is 0 Å². The second-order valence-corrected chi connectivity index (χ2v) is 9.36. The van der Waals surface area contributed by atoms with E-state index >= 15 is 4.39 Å². The number of hydrogen-bond donors (Lipinski definition) is 2. The van der Waals surface area contributed by atoms with Crippen LogP contribution in [0.5, 0.6) is 0 Å². The summed E-state index contributed by atoms with van der Waals surface area (Å²) in [7, 11) is 3.31. The molecule has 5 rings (SSSR count). The lowest BCUT2D eigenvalue weighted by molar-refractivity contribution is 0.153. The van der Waals surface area contributed by atoms with Crippen LogP contribution < -0.4 is 16.3 Å². The summed E-state index contributed by atoms with van der Waals surface area (Å²) in [5, 5.41) is 6.78. The Morgan fingerprint density at radius 1 is 1.18 bits per heavy atom. The first-order chi connectivity index (χ1) is 16.3. The van der Waals surface area contributed by atoms with Gasteiger partial charge in [-0.1, -0.05) is 6.07 Å². The topological polar surface area (TPSA) is 68.3 Å². The summed E-state index contributed by atoms with van der Waals surface area (Å²) in [4.78, 5) is 16.6. The Bertz CT molecular complexity index is 1390. The average molecular weight is 469 g/mol. The second-order valence-electron chi connectivity index (χ2n) is 9.36. The number of aryl methyl sites for hydroxylation is 2. The first-order valence-corrected chi connectivity index (χ1v) is 11.7. The normalized spacial score (nSPS) is 22.0. The van der Waals surface area contributed by atoms with Crippen molar-refractivity contribution in [2.75, 3.05) is 0 Å². The summed E-state index contributed by atoms with van der Waals surface area (Å²) < 4.78 is 34.7. The molecule has 1 saturated carbocycles. The second kappa shape index (κ2) is 8.96. The predicted octanol–water partition coefficient (Wildman–Crippen LogP) is 3.36. The molecule has 0 unspecified atom stereocenters. The summed E-state index contributed by atoms with van der Waals surface area (Å²) in [6, 6.07) is 6.79. The summed E-state index contributed by atoms with van der Waals surface area (Å²) >= 11 is 0. The number of alkyl halides is 1. The maximum absolute atomic E-state index is 15.1. The summed E-state index contributed by atoms with van der Waals surface area (Å²) in [6.45, 7) is 2.33. The molecule has 1 aromatic carbocycles. The summed E-state index contributed by atoms with van der Waals surface area (Å²) in [5.41, 5.74) is 3.45. The number of fused-ring (bicyclic) bond motifs is 2. The van der Waals surface area contributed by atoms with Gasteiger partial charge >= 0.3 is 5.69 Å². The Kier molecular flexibility index (Phi) is 5.99. The molecule has 7 nitrogen and oxygen atoms in total. The highest BCUT2D eigenvalue weighted by Gasteiger charge is 2.31. The van der Waals surface area contributed by atoms with Crippen LogP contribution in [0.15, 0.2) is 47.7 Å². The van der Waals surface area contributed by atoms with E-state index in [4.69, 9.17) is 0 Å². The molecule has 180 valence electrons. The van der Waals surface area contributed by atoms with E-state index in [9.17, 15) is 9.18 Å². The zero-order chi connectivity index (χ0) is 24.0. The van der Waals surface area contributed by atoms with E-state index in [1.807, 2.05) is 35.9 Å². The standard InChI is InChI=1S/C25H30F2N6O/c1-15(18-5-4-9-33-10-8-28-24(18)33)30-21-7-6-17(12-20(21)27)29-14-16-11-22-23(13-19(16)26)32(3)25(34)31(22)2/h4-5,8-11,13,15,17,20-21,29-30H,6-7,12,14H2,1-3H3/t15-,17+,20+,21+/m1/s1. The Hall–Kier alpha value is -3.04. The minimum Gasteiger partial charge on any atom is -0.310 e. The zero-order valence-corrected chi connectivity index (χ0v) is 19.6. The van der Waals surface area contributed by atoms with Gasteiger partial charge in [0.15, 0.2) is 0 Å². The van der Waals surface area contributed by atoms with Crippen molar-refractivity contribution in [2.24, 2.45) is 14.1 Å². The van der Waals surface area contributed by atoms with E-state index in [-0.39, 0.29) is 29.6 Å². The summed E-state index contributed by atoms with van der Waals surface area (Å²) in [5.74, 6) is -0.365. The van der Waals surface area contributed by atoms with Gasteiger partial charge in [0, 0.05) is 74.5 Å². The Labute approximate surface area is 196 Å². The molecule has 2 N–H and O–H groups in total. The number of halogens is 2. The highest BCUT2D eigenvalue weighted by molar-refractivity contribution is 5.77. The number of imidazole rings is 2. The lowest BCUT2D eigenvalue weighted by Gasteiger charge is -2.34. The van der Waals surface area contributed by atoms with E-state index in [0.29, 0.717) is 36.0 Å². The van der Waals surface area contributed by atoms with Crippen LogP contribution in [-0.2, 0) is 20.6 Å². The van der Waals surface area contributed by atoms with Crippen molar-refractivity contribution >= 4 is 16.7 Å². The third kappa shape index (κ3) is 4.03. The third-order valence-corrected chi connectivity index (χ3v) is 7.17. The van der Waals surface area contributed by atoms with Crippen LogP contribution in [0.1, 0.15) is 43.4 Å². The lowest BCUT2D eigenvalue weighted by atomic mass is 9.88. The van der Waals surface area contributed by atoms with Crippen molar-refractivity contribution in [1.29, 1.82) is 0 Å². The number of aromatic nitrogens is 4. The number of hydrogen-bond acceptors (Lipinski definition) is 4. The molecule has 0 spiro atoms. The van der Waals surface area contributed by atoms with E-state index in [1.165, 1.54) is 15.2 Å². The van der Waals surface area contributed by atoms with Gasteiger partial charge in [-0.05, 0) is 38.3 Å². The van der Waals surface area contributed by atoms with Crippen LogP contribution in [0.2, 0.25) is 0 Å². The molecule has 0 aliphatic heterocycles. The molecule has 1 aliphatic carbocycles. The molecule has 4 atom stereocenters. The monoisotopic (exact) mass is 468 g/mol. The lowest BCUT2D eigenvalue weighted by Crippen LogP contribution is -2.47. The SMILES string of the molecule is C[C@@H](N[C@H]1CC[C@H](NCc2cc3c(cc2F)n(C)c(=O)n3C)C[C@@H]1F)c1cccn2ccnc12. The van der Waals surface area contributed by atoms with E-state index in [1.54, 1.807) is 26.4 Å². The number of benzene rings is 1. The van der Waals surface area contributed by atoms with Gasteiger partial charge in [0.05, 0.1) is 11.0 Å². The Morgan fingerprint density at radius 2 is 1.94 bits per heavy atom. The number of rotatable bonds is 6. The fourth-order valence-corrected chi connectivity index (χ4v) is 5.16. The molecule has 9 heteroatoms. The van der Waals surface area contributed by atoms with Gasteiger partial charge in [0.1, 0.15) is 17.6 Å². The smallest absolute Gasteiger partial charge is 0.310 e. The van der Waals surface area contributed by atoms with Crippen molar-refractivity contribution in [3.63, 3.8) is 0 Å². The first-order valence-electron chi connectivity index (χ1n) is 11.7. The molecule has 3 heterocycles. The minimum atomic E-state index is -1.00. The molecular weight excluding hydrogens is 438 g/mol. The van der Waals surface area contributed by atoms with Gasteiger partial charge in [0.25, 0.3) is 0 Å². The number of nitrogens with zero attached hydrogens (tertiary/aromatic N) is 4. The maximum Gasteiger partial charge on any atom is 0.328 e. The van der Waals surface area contributed by atoms with Crippen molar-refractivity contribution in [1.82, 2.24) is 29.2 Å². The largest absolute Gasteiger partial charge is 0.328 e. The molecule has 1 fully saturated rings. The van der Waals surface area contributed by atoms with E-state index in [0.717, 1.165) is 17.6 Å². The van der Waals surface area contributed by atoms with Gasteiger partial charge in [-0.25, -0.2) is 18.6 Å². The maximum atomic E-state index is 15.1. The molecule has 4 aromatic rings. The van der Waals surface area contributed by atoms with Crippen molar-refractivity contribution in [2.45, 2.75) is 57.0 Å². The molecule has 1 aliphatic rings. The third-order valence-electron chi connectivity index (χ3n) is 7.17. The predicted molar refractivity (Wildman–Crippen MR) is 128 cm³/mol. The minimum absolute atomic E-state index is 0.0304. The average Bonchev–Trinajstić information content (AvgIpc) is 3.38. The molecule has 34 heavy (non-hydrogen) atoms. The molecule has 3 aromatic heterocycles. The van der Waals surface area contributed by atoms with Crippen LogP contribution in [0.3, 0.4) is 0 Å². The van der Waals surface area contributed by atoms with Crippen LogP contribution in [0.25, 0.3) is 16.7 Å². The molecule has 0 radical (unpaired) electrons. The van der Waals surface area contributed by atoms with Crippen molar-refractivity contribution in [3.8, 4) is 0 Å². The number of nitrogens with one attached hydrogen (secondary N) is 2. The van der Waals surface area contributed by atoms with E-state index < -0.39 is 6.17 Å². The van der Waals surface area contributed by atoms with Gasteiger partial charge in [-0.3, -0.25) is 9.13 Å². The van der Waals surface area contributed by atoms with Gasteiger partial charge in [0.2, 0.25) is 0 Å². The van der Waals surface area contributed by atoms with Gasteiger partial charge in [-0.15, -0.1) is 0 Å². The molecule has 0 amide bonds.